The van der Waals surface area contributed by atoms with E-state index in [0.29, 0.717) is 0 Å². The number of rotatable bonds is 1. The summed E-state index contributed by atoms with van der Waals surface area (Å²) in [6, 6.07) is 6.01. The number of fused-ring (bicyclic) bond motifs is 3. The minimum Gasteiger partial charge on any atom is -0.370 e. The number of anilines is 1. The summed E-state index contributed by atoms with van der Waals surface area (Å²) in [5, 5.41) is 11.2. The second-order valence-electron chi connectivity index (χ2n) is 5.12. The summed E-state index contributed by atoms with van der Waals surface area (Å²) in [6.07, 6.45) is 3.56. The molecule has 0 unspecified atom stereocenters. The van der Waals surface area contributed by atoms with E-state index in [-0.39, 0.29) is 5.62 Å². The molecule has 4 rings (SSSR count). The molecule has 3 aliphatic heterocycles. The first kappa shape index (κ1) is 12.0. The Balaban J connectivity index is 2.06. The fourth-order valence-corrected chi connectivity index (χ4v) is 2.78. The summed E-state index contributed by atoms with van der Waals surface area (Å²) < 4.78 is 2.10. The van der Waals surface area contributed by atoms with Gasteiger partial charge < -0.3 is 9.88 Å². The van der Waals surface area contributed by atoms with Gasteiger partial charge >= 0.3 is 0 Å². The highest BCUT2D eigenvalue weighted by Crippen LogP contribution is 2.33. The molecule has 21 heavy (non-hydrogen) atoms. The van der Waals surface area contributed by atoms with E-state index in [1.165, 1.54) is 0 Å². The smallest absolute Gasteiger partial charge is 0.244 e. The summed E-state index contributed by atoms with van der Waals surface area (Å²) in [5.74, 6) is 1.84. The first-order chi connectivity index (χ1) is 10.2. The molecule has 4 heterocycles. The second-order valence-corrected chi connectivity index (χ2v) is 5.12. The fraction of sp³-hybridized carbons (Fsp3) is 0.200. The van der Waals surface area contributed by atoms with Gasteiger partial charge in [0.05, 0.1) is 5.69 Å². The summed E-state index contributed by atoms with van der Waals surface area (Å²) in [4.78, 5) is 12.9. The summed E-state index contributed by atoms with van der Waals surface area (Å²) >= 11 is 0. The number of pyridine rings is 2. The van der Waals surface area contributed by atoms with Crippen molar-refractivity contribution < 1.29 is 0 Å². The molecule has 0 saturated heterocycles. The van der Waals surface area contributed by atoms with Crippen LogP contribution in [0.4, 0.5) is 5.82 Å². The lowest BCUT2D eigenvalue weighted by atomic mass is 10.0. The molecule has 0 spiro atoms. The maximum Gasteiger partial charge on any atom is 0.244 e. The minimum atomic E-state index is 0.0357. The molecule has 0 saturated carbocycles. The number of hydrogen-bond donors (Lipinski definition) is 2. The maximum atomic E-state index is 7.92. The van der Waals surface area contributed by atoms with Gasteiger partial charge in [0.2, 0.25) is 5.62 Å². The monoisotopic (exact) mass is 278 g/mol. The van der Waals surface area contributed by atoms with Gasteiger partial charge in [0.1, 0.15) is 11.6 Å². The molecule has 0 bridgehead atoms. The highest BCUT2D eigenvalue weighted by atomic mass is 15.2. The van der Waals surface area contributed by atoms with Gasteiger partial charge in [-0.15, -0.1) is 0 Å². The summed E-state index contributed by atoms with van der Waals surface area (Å²) in [5.41, 5.74) is 3.80. The van der Waals surface area contributed by atoms with Gasteiger partial charge in [0.25, 0.3) is 0 Å². The molecule has 6 nitrogen and oxygen atoms in total. The molecule has 1 aromatic rings. The molecule has 0 atom stereocenters. The van der Waals surface area contributed by atoms with Crippen molar-refractivity contribution in [3.63, 3.8) is 0 Å². The van der Waals surface area contributed by atoms with E-state index >= 15 is 0 Å². The van der Waals surface area contributed by atoms with Crippen molar-refractivity contribution in [1.82, 2.24) is 19.5 Å². The van der Waals surface area contributed by atoms with E-state index in [2.05, 4.69) is 24.8 Å². The largest absolute Gasteiger partial charge is 0.370 e. The van der Waals surface area contributed by atoms with Crippen LogP contribution in [-0.2, 0) is 6.54 Å². The molecule has 2 N–H and O–H groups in total. The van der Waals surface area contributed by atoms with Crippen LogP contribution in [0.15, 0.2) is 30.6 Å². The standard InChI is InChI=1S/C15H14N6/c1-9-4-5-17-8-11(9)13-10-2-3-12-18-6-7-21(12)14(10)20-15(16)19-13/h2-5,8,16,18H,6-7H2,1H3. The van der Waals surface area contributed by atoms with Crippen LogP contribution in [0, 0.1) is 12.3 Å². The Hall–Kier alpha value is -2.76. The topological polar surface area (TPSA) is 79.5 Å². The van der Waals surface area contributed by atoms with Crippen molar-refractivity contribution in [3.05, 3.63) is 41.8 Å². The van der Waals surface area contributed by atoms with Gasteiger partial charge in [0.15, 0.2) is 0 Å². The van der Waals surface area contributed by atoms with Crippen LogP contribution >= 0.6 is 0 Å². The van der Waals surface area contributed by atoms with E-state index < -0.39 is 0 Å². The number of nitrogens with one attached hydrogen (secondary N) is 2. The average molecular weight is 278 g/mol. The zero-order valence-electron chi connectivity index (χ0n) is 11.6. The molecule has 104 valence electrons. The van der Waals surface area contributed by atoms with Crippen LogP contribution in [0.1, 0.15) is 5.56 Å². The molecule has 0 fully saturated rings. The van der Waals surface area contributed by atoms with Crippen molar-refractivity contribution in [1.29, 1.82) is 5.41 Å². The number of nitrogens with zero attached hydrogens (tertiary/aromatic N) is 4. The van der Waals surface area contributed by atoms with E-state index in [1.54, 1.807) is 12.4 Å². The molecule has 0 amide bonds. The number of aryl methyl sites for hydroxylation is 1. The van der Waals surface area contributed by atoms with Crippen molar-refractivity contribution >= 4 is 5.82 Å². The second kappa shape index (κ2) is 4.37. The predicted molar refractivity (Wildman–Crippen MR) is 79.0 cm³/mol. The Bertz CT molecular complexity index is 866. The molecule has 0 radical (unpaired) electrons. The van der Waals surface area contributed by atoms with E-state index in [9.17, 15) is 0 Å². The normalized spacial score (nSPS) is 13.2. The first-order valence-electron chi connectivity index (χ1n) is 6.85. The fourth-order valence-electron chi connectivity index (χ4n) is 2.78. The van der Waals surface area contributed by atoms with Crippen molar-refractivity contribution in [2.75, 3.05) is 11.9 Å². The average Bonchev–Trinajstić information content (AvgIpc) is 2.96. The van der Waals surface area contributed by atoms with Crippen LogP contribution in [-0.4, -0.2) is 26.1 Å². The van der Waals surface area contributed by atoms with Crippen LogP contribution < -0.4 is 10.9 Å². The van der Waals surface area contributed by atoms with Crippen molar-refractivity contribution in [2.45, 2.75) is 13.5 Å². The highest BCUT2D eigenvalue weighted by Gasteiger charge is 2.21. The quantitative estimate of drug-likeness (QED) is 0.709. The van der Waals surface area contributed by atoms with Gasteiger partial charge in [-0.1, -0.05) is 0 Å². The van der Waals surface area contributed by atoms with Crippen molar-refractivity contribution in [2.24, 2.45) is 0 Å². The van der Waals surface area contributed by atoms with E-state index in [0.717, 1.165) is 47.1 Å². The predicted octanol–water partition coefficient (Wildman–Crippen LogP) is 1.66. The van der Waals surface area contributed by atoms with Gasteiger partial charge in [-0.2, -0.15) is 4.98 Å². The zero-order chi connectivity index (χ0) is 14.4. The number of aromatic nitrogens is 4. The Morgan fingerprint density at radius 3 is 2.95 bits per heavy atom. The van der Waals surface area contributed by atoms with Gasteiger partial charge in [0, 0.05) is 36.6 Å². The first-order valence-corrected chi connectivity index (χ1v) is 6.85. The third-order valence-corrected chi connectivity index (χ3v) is 3.82. The summed E-state index contributed by atoms with van der Waals surface area (Å²) in [6.45, 7) is 3.77. The maximum absolute atomic E-state index is 7.92. The molecular formula is C15H14N6. The third kappa shape index (κ3) is 1.79. The molecule has 1 aromatic heterocycles. The van der Waals surface area contributed by atoms with Crippen LogP contribution in [0.5, 0.6) is 0 Å². The Kier molecular flexibility index (Phi) is 2.50. The van der Waals surface area contributed by atoms with Crippen molar-refractivity contribution in [3.8, 4) is 22.6 Å². The van der Waals surface area contributed by atoms with Gasteiger partial charge in [-0.25, -0.2) is 4.98 Å². The molecule has 0 aliphatic carbocycles. The molecule has 6 heteroatoms. The van der Waals surface area contributed by atoms with E-state index in [4.69, 9.17) is 5.41 Å². The third-order valence-electron chi connectivity index (χ3n) is 3.82. The van der Waals surface area contributed by atoms with Crippen LogP contribution in [0.2, 0.25) is 0 Å². The van der Waals surface area contributed by atoms with E-state index in [1.807, 2.05) is 25.1 Å². The Morgan fingerprint density at radius 1 is 1.19 bits per heavy atom. The molecule has 3 aliphatic rings. The lowest BCUT2D eigenvalue weighted by Crippen LogP contribution is -2.18. The molecular weight excluding hydrogens is 264 g/mol. The SMILES string of the molecule is Cc1ccncc1-c1nc(=N)nc2n3c(ccc1-2)NCC3. The molecule has 0 aromatic carbocycles. The Morgan fingerprint density at radius 2 is 2.10 bits per heavy atom. The van der Waals surface area contributed by atoms with Gasteiger partial charge in [-0.3, -0.25) is 10.4 Å². The minimum absolute atomic E-state index is 0.0357. The van der Waals surface area contributed by atoms with Gasteiger partial charge in [-0.05, 0) is 30.7 Å². The lowest BCUT2D eigenvalue weighted by molar-refractivity contribution is 0.777. The number of hydrogen-bond acceptors (Lipinski definition) is 5. The highest BCUT2D eigenvalue weighted by molar-refractivity contribution is 5.80. The zero-order valence-corrected chi connectivity index (χ0v) is 11.6. The summed E-state index contributed by atoms with van der Waals surface area (Å²) in [7, 11) is 0. The van der Waals surface area contributed by atoms with Crippen LogP contribution in [0.3, 0.4) is 0 Å². The Labute approximate surface area is 121 Å². The van der Waals surface area contributed by atoms with Crippen LogP contribution in [0.25, 0.3) is 22.6 Å². The lowest BCUT2D eigenvalue weighted by Gasteiger charge is -2.16.